The second kappa shape index (κ2) is 7.71. The number of alkyl halides is 3. The maximum Gasteiger partial charge on any atom is 0.416 e. The summed E-state index contributed by atoms with van der Waals surface area (Å²) in [6.07, 6.45) is -3.69. The van der Waals surface area contributed by atoms with E-state index in [1.54, 1.807) is 0 Å². The summed E-state index contributed by atoms with van der Waals surface area (Å²) in [4.78, 5) is 10.9. The van der Waals surface area contributed by atoms with E-state index < -0.39 is 45.1 Å². The maximum absolute atomic E-state index is 12.7. The third kappa shape index (κ3) is 5.16. The molecule has 1 aromatic carbocycles. The van der Waals surface area contributed by atoms with Gasteiger partial charge in [-0.1, -0.05) is 6.07 Å². The number of ether oxygens (including phenoxy) is 1. The Bertz CT molecular complexity index is 714. The molecule has 1 heterocycles. The van der Waals surface area contributed by atoms with Crippen LogP contribution in [0.3, 0.4) is 0 Å². The molecule has 0 spiro atoms. The smallest absolute Gasteiger partial charge is 0.416 e. The zero-order chi connectivity index (χ0) is 18.7. The monoisotopic (exact) mass is 381 g/mol. The van der Waals surface area contributed by atoms with Gasteiger partial charge in [-0.15, -0.1) is 0 Å². The van der Waals surface area contributed by atoms with Gasteiger partial charge in [0, 0.05) is 19.8 Å². The number of halogens is 3. The number of sulfonamides is 1. The molecule has 140 valence electrons. The van der Waals surface area contributed by atoms with E-state index in [1.807, 2.05) is 0 Å². The Labute approximate surface area is 143 Å². The van der Waals surface area contributed by atoms with Crippen molar-refractivity contribution in [1.82, 2.24) is 4.72 Å². The number of benzene rings is 1. The summed E-state index contributed by atoms with van der Waals surface area (Å²) in [6, 6.07) is 3.31. The maximum atomic E-state index is 12.7. The Morgan fingerprint density at radius 2 is 1.96 bits per heavy atom. The Morgan fingerprint density at radius 1 is 1.32 bits per heavy atom. The van der Waals surface area contributed by atoms with Crippen molar-refractivity contribution >= 4 is 16.0 Å². The number of carbonyl (C=O) groups is 1. The van der Waals surface area contributed by atoms with Gasteiger partial charge in [0.05, 0.1) is 16.4 Å². The van der Waals surface area contributed by atoms with Gasteiger partial charge in [0.25, 0.3) is 0 Å². The molecular formula is C15H18F3NO5S. The minimum Gasteiger partial charge on any atom is -0.481 e. The summed E-state index contributed by atoms with van der Waals surface area (Å²) in [5.74, 6) is -2.38. The van der Waals surface area contributed by atoms with Gasteiger partial charge in [-0.05, 0) is 37.0 Å². The largest absolute Gasteiger partial charge is 0.481 e. The predicted molar refractivity (Wildman–Crippen MR) is 81.3 cm³/mol. The highest BCUT2D eigenvalue weighted by Crippen LogP contribution is 2.30. The lowest BCUT2D eigenvalue weighted by Gasteiger charge is -2.27. The van der Waals surface area contributed by atoms with E-state index in [0.717, 1.165) is 18.2 Å². The highest BCUT2D eigenvalue weighted by Gasteiger charge is 2.33. The minimum absolute atomic E-state index is 0.254. The molecule has 0 bridgehead atoms. The standard InChI is InChI=1S/C15H18F3NO5S/c16-15(17,18)11-2-1-3-12(8-11)25(22,23)19-9-13(14(20)21)10-4-6-24-7-5-10/h1-3,8,10,13,19H,4-7,9H2,(H,20,21). The molecule has 25 heavy (non-hydrogen) atoms. The van der Waals surface area contributed by atoms with Crippen LogP contribution < -0.4 is 4.72 Å². The lowest BCUT2D eigenvalue weighted by molar-refractivity contribution is -0.144. The summed E-state index contributed by atoms with van der Waals surface area (Å²) in [7, 11) is -4.25. The molecule has 0 amide bonds. The van der Waals surface area contributed by atoms with Crippen LogP contribution >= 0.6 is 0 Å². The van der Waals surface area contributed by atoms with E-state index >= 15 is 0 Å². The average Bonchev–Trinajstić information content (AvgIpc) is 2.55. The molecular weight excluding hydrogens is 363 g/mol. The first-order chi connectivity index (χ1) is 11.6. The Morgan fingerprint density at radius 3 is 2.52 bits per heavy atom. The van der Waals surface area contributed by atoms with Crippen LogP contribution in [-0.4, -0.2) is 39.3 Å². The van der Waals surface area contributed by atoms with E-state index in [0.29, 0.717) is 32.1 Å². The molecule has 1 fully saturated rings. The minimum atomic E-state index is -4.67. The van der Waals surface area contributed by atoms with Crippen molar-refractivity contribution in [2.75, 3.05) is 19.8 Å². The molecule has 0 aromatic heterocycles. The number of hydrogen-bond acceptors (Lipinski definition) is 4. The Balaban J connectivity index is 2.13. The van der Waals surface area contributed by atoms with Crippen LogP contribution in [0.4, 0.5) is 13.2 Å². The van der Waals surface area contributed by atoms with Crippen molar-refractivity contribution in [2.24, 2.45) is 11.8 Å². The van der Waals surface area contributed by atoms with Crippen molar-refractivity contribution in [1.29, 1.82) is 0 Å². The van der Waals surface area contributed by atoms with Crippen LogP contribution in [0.2, 0.25) is 0 Å². The predicted octanol–water partition coefficient (Wildman–Crippen LogP) is 2.11. The fourth-order valence-corrected chi connectivity index (χ4v) is 3.80. The number of hydrogen-bond donors (Lipinski definition) is 2. The van der Waals surface area contributed by atoms with E-state index in [2.05, 4.69) is 4.72 Å². The third-order valence-electron chi connectivity index (χ3n) is 4.12. The van der Waals surface area contributed by atoms with Gasteiger partial charge in [0.15, 0.2) is 0 Å². The van der Waals surface area contributed by atoms with Crippen LogP contribution in [0.1, 0.15) is 18.4 Å². The molecule has 6 nitrogen and oxygen atoms in total. The van der Waals surface area contributed by atoms with Gasteiger partial charge in [-0.2, -0.15) is 13.2 Å². The molecule has 1 aliphatic heterocycles. The SMILES string of the molecule is O=C(O)C(CNS(=O)(=O)c1cccc(C(F)(F)F)c1)C1CCOCC1. The van der Waals surface area contributed by atoms with Crippen molar-refractivity contribution < 1.29 is 36.2 Å². The molecule has 1 unspecified atom stereocenters. The van der Waals surface area contributed by atoms with Gasteiger partial charge < -0.3 is 9.84 Å². The van der Waals surface area contributed by atoms with E-state index in [-0.39, 0.29) is 5.92 Å². The molecule has 0 aliphatic carbocycles. The summed E-state index contributed by atoms with van der Waals surface area (Å²) in [5.41, 5.74) is -1.09. The lowest BCUT2D eigenvalue weighted by atomic mass is 9.86. The van der Waals surface area contributed by atoms with Crippen LogP contribution in [-0.2, 0) is 25.7 Å². The summed E-state index contributed by atoms with van der Waals surface area (Å²) < 4.78 is 69.9. The molecule has 2 N–H and O–H groups in total. The molecule has 1 aliphatic rings. The number of carboxylic acid groups (broad SMARTS) is 1. The van der Waals surface area contributed by atoms with Gasteiger partial charge in [0.2, 0.25) is 10.0 Å². The first kappa shape index (κ1) is 19.7. The number of carboxylic acids is 1. The third-order valence-corrected chi connectivity index (χ3v) is 5.54. The number of rotatable bonds is 6. The second-order valence-corrected chi connectivity index (χ2v) is 7.54. The molecule has 2 rings (SSSR count). The second-order valence-electron chi connectivity index (χ2n) is 5.77. The highest BCUT2D eigenvalue weighted by atomic mass is 32.2. The zero-order valence-corrected chi connectivity index (χ0v) is 13.9. The fraction of sp³-hybridized carbons (Fsp3) is 0.533. The molecule has 1 atom stereocenters. The van der Waals surface area contributed by atoms with Crippen LogP contribution in [0, 0.1) is 11.8 Å². The van der Waals surface area contributed by atoms with Gasteiger partial charge in [-0.25, -0.2) is 13.1 Å². The van der Waals surface area contributed by atoms with E-state index in [9.17, 15) is 31.5 Å². The van der Waals surface area contributed by atoms with Crippen LogP contribution in [0.15, 0.2) is 29.2 Å². The Kier molecular flexibility index (Phi) is 6.07. The molecule has 10 heteroatoms. The normalized spacial score (nSPS) is 18.0. The number of aliphatic carboxylic acids is 1. The van der Waals surface area contributed by atoms with Gasteiger partial charge in [-0.3, -0.25) is 4.79 Å². The molecule has 1 aromatic rings. The first-order valence-corrected chi connectivity index (χ1v) is 9.07. The average molecular weight is 381 g/mol. The van der Waals surface area contributed by atoms with Gasteiger partial charge in [0.1, 0.15) is 0 Å². The summed E-state index contributed by atoms with van der Waals surface area (Å²) in [5, 5.41) is 9.32. The first-order valence-electron chi connectivity index (χ1n) is 7.59. The fourth-order valence-electron chi connectivity index (χ4n) is 2.70. The lowest BCUT2D eigenvalue weighted by Crippen LogP contribution is -2.39. The quantitative estimate of drug-likeness (QED) is 0.787. The van der Waals surface area contributed by atoms with E-state index in [1.165, 1.54) is 0 Å². The summed E-state index contributed by atoms with van der Waals surface area (Å²) >= 11 is 0. The molecule has 1 saturated heterocycles. The van der Waals surface area contributed by atoms with Crippen LogP contribution in [0.25, 0.3) is 0 Å². The van der Waals surface area contributed by atoms with Crippen molar-refractivity contribution in [3.05, 3.63) is 29.8 Å². The summed E-state index contributed by atoms with van der Waals surface area (Å²) in [6.45, 7) is 0.405. The van der Waals surface area contributed by atoms with Gasteiger partial charge >= 0.3 is 12.1 Å². The molecule has 0 radical (unpaired) electrons. The number of nitrogens with one attached hydrogen (secondary N) is 1. The van der Waals surface area contributed by atoms with Crippen molar-refractivity contribution in [3.8, 4) is 0 Å². The van der Waals surface area contributed by atoms with E-state index in [4.69, 9.17) is 4.74 Å². The molecule has 0 saturated carbocycles. The van der Waals surface area contributed by atoms with Crippen LogP contribution in [0.5, 0.6) is 0 Å². The van der Waals surface area contributed by atoms with Crippen molar-refractivity contribution in [2.45, 2.75) is 23.9 Å². The highest BCUT2D eigenvalue weighted by molar-refractivity contribution is 7.89. The zero-order valence-electron chi connectivity index (χ0n) is 13.1. The Hall–Kier alpha value is -1.65. The topological polar surface area (TPSA) is 92.7 Å². The van der Waals surface area contributed by atoms with Crippen molar-refractivity contribution in [3.63, 3.8) is 0 Å².